The number of carbonyl (C=O) groups is 2. The number of para-hydroxylation sites is 2. The number of hydrogen-bond donors (Lipinski definition) is 1. The molecule has 2 aromatic rings. The molecule has 2 aromatic carbocycles. The topological polar surface area (TPSA) is 64.6 Å². The average molecular weight is 369 g/mol. The van der Waals surface area contributed by atoms with Gasteiger partial charge >= 0.3 is 5.97 Å². The van der Waals surface area contributed by atoms with Gasteiger partial charge in [-0.15, -0.1) is 0 Å². The Kier molecular flexibility index (Phi) is 7.41. The van der Waals surface area contributed by atoms with Gasteiger partial charge in [-0.25, -0.2) is 0 Å². The van der Waals surface area contributed by atoms with Crippen LogP contribution in [0.1, 0.15) is 39.2 Å². The Morgan fingerprint density at radius 3 is 2.33 bits per heavy atom. The minimum atomic E-state index is -0.411. The Hall–Kier alpha value is -2.82. The van der Waals surface area contributed by atoms with Gasteiger partial charge in [-0.1, -0.05) is 57.2 Å². The molecular weight excluding hydrogens is 342 g/mol. The highest BCUT2D eigenvalue weighted by molar-refractivity contribution is 5.93. The minimum Gasteiger partial charge on any atom is -0.494 e. The van der Waals surface area contributed by atoms with Gasteiger partial charge in [0.25, 0.3) is 5.91 Å². The van der Waals surface area contributed by atoms with Crippen molar-refractivity contribution in [1.82, 2.24) is 0 Å². The van der Waals surface area contributed by atoms with Crippen LogP contribution >= 0.6 is 0 Å². The van der Waals surface area contributed by atoms with Crippen LogP contribution < -0.4 is 10.1 Å². The first-order chi connectivity index (χ1) is 12.9. The van der Waals surface area contributed by atoms with Crippen molar-refractivity contribution in [2.75, 3.05) is 18.5 Å². The summed E-state index contributed by atoms with van der Waals surface area (Å²) >= 11 is 0. The van der Waals surface area contributed by atoms with Gasteiger partial charge in [0.05, 0.1) is 6.61 Å². The summed E-state index contributed by atoms with van der Waals surface area (Å²) in [5, 5.41) is 2.82. The van der Waals surface area contributed by atoms with E-state index < -0.39 is 5.97 Å². The minimum absolute atomic E-state index is 0.0979. The van der Waals surface area contributed by atoms with Crippen LogP contribution in [0.3, 0.4) is 0 Å². The van der Waals surface area contributed by atoms with Crippen molar-refractivity contribution in [2.24, 2.45) is 0 Å². The highest BCUT2D eigenvalue weighted by Crippen LogP contribution is 2.29. The number of hydrogen-bond acceptors (Lipinski definition) is 4. The number of rotatable bonds is 8. The Morgan fingerprint density at radius 2 is 1.63 bits per heavy atom. The molecule has 0 saturated carbocycles. The molecule has 0 aliphatic heterocycles. The van der Waals surface area contributed by atoms with Gasteiger partial charge in [0.2, 0.25) is 0 Å². The van der Waals surface area contributed by atoms with Gasteiger partial charge in [-0.3, -0.25) is 9.59 Å². The third-order valence-corrected chi connectivity index (χ3v) is 3.91. The molecule has 0 spiro atoms. The molecule has 1 amide bonds. The van der Waals surface area contributed by atoms with Crippen LogP contribution in [0, 0.1) is 0 Å². The first kappa shape index (κ1) is 20.5. The molecule has 0 aliphatic carbocycles. The lowest BCUT2D eigenvalue weighted by Gasteiger charge is -2.22. The van der Waals surface area contributed by atoms with Crippen LogP contribution in [0.2, 0.25) is 0 Å². The van der Waals surface area contributed by atoms with E-state index in [0.29, 0.717) is 13.0 Å². The zero-order valence-corrected chi connectivity index (χ0v) is 16.2. The van der Waals surface area contributed by atoms with Crippen molar-refractivity contribution in [3.05, 3.63) is 60.2 Å². The molecule has 0 radical (unpaired) electrons. The van der Waals surface area contributed by atoms with Crippen LogP contribution in [-0.2, 0) is 19.7 Å². The number of ether oxygens (including phenoxy) is 2. The van der Waals surface area contributed by atoms with Crippen molar-refractivity contribution in [3.63, 3.8) is 0 Å². The van der Waals surface area contributed by atoms with Gasteiger partial charge in [-0.05, 0) is 35.6 Å². The summed E-state index contributed by atoms with van der Waals surface area (Å²) in [5.74, 6) is 0.00858. The second kappa shape index (κ2) is 9.76. The standard InChI is InChI=1S/C22H27NO4/c1-22(2,3)18-12-7-8-13-19(18)23-20(24)16-27-21(25)14-9-15-26-17-10-5-4-6-11-17/h4-8,10-13H,9,14-16H2,1-3H3,(H,23,24). The summed E-state index contributed by atoms with van der Waals surface area (Å²) in [4.78, 5) is 23.9. The van der Waals surface area contributed by atoms with E-state index in [2.05, 4.69) is 26.1 Å². The second-order valence-corrected chi connectivity index (χ2v) is 7.27. The highest BCUT2D eigenvalue weighted by Gasteiger charge is 2.18. The lowest BCUT2D eigenvalue weighted by atomic mass is 9.86. The van der Waals surface area contributed by atoms with Gasteiger partial charge in [0.1, 0.15) is 5.75 Å². The van der Waals surface area contributed by atoms with E-state index in [-0.39, 0.29) is 24.3 Å². The molecule has 144 valence electrons. The van der Waals surface area contributed by atoms with E-state index in [0.717, 1.165) is 17.0 Å². The lowest BCUT2D eigenvalue weighted by Crippen LogP contribution is -2.23. The maximum absolute atomic E-state index is 12.1. The average Bonchev–Trinajstić information content (AvgIpc) is 2.64. The van der Waals surface area contributed by atoms with E-state index in [9.17, 15) is 9.59 Å². The summed E-state index contributed by atoms with van der Waals surface area (Å²) in [7, 11) is 0. The van der Waals surface area contributed by atoms with E-state index in [1.165, 1.54) is 0 Å². The zero-order chi connectivity index (χ0) is 19.7. The fourth-order valence-electron chi connectivity index (χ4n) is 2.57. The summed E-state index contributed by atoms with van der Waals surface area (Å²) in [6.45, 7) is 6.36. The van der Waals surface area contributed by atoms with Crippen LogP contribution in [0.25, 0.3) is 0 Å². The van der Waals surface area contributed by atoms with E-state index in [1.54, 1.807) is 0 Å². The van der Waals surface area contributed by atoms with Crippen molar-refractivity contribution < 1.29 is 19.1 Å². The Morgan fingerprint density at radius 1 is 0.963 bits per heavy atom. The number of benzene rings is 2. The fourth-order valence-corrected chi connectivity index (χ4v) is 2.57. The van der Waals surface area contributed by atoms with Crippen molar-refractivity contribution in [1.29, 1.82) is 0 Å². The molecule has 0 aliphatic rings. The van der Waals surface area contributed by atoms with Crippen molar-refractivity contribution in [3.8, 4) is 5.75 Å². The molecule has 5 nitrogen and oxygen atoms in total. The lowest BCUT2D eigenvalue weighted by molar-refractivity contribution is -0.147. The number of anilines is 1. The highest BCUT2D eigenvalue weighted by atomic mass is 16.5. The molecule has 0 unspecified atom stereocenters. The predicted molar refractivity (Wildman–Crippen MR) is 106 cm³/mol. The molecule has 27 heavy (non-hydrogen) atoms. The molecule has 2 rings (SSSR count). The largest absolute Gasteiger partial charge is 0.494 e. The normalized spacial score (nSPS) is 10.9. The number of esters is 1. The fraction of sp³-hybridized carbons (Fsp3) is 0.364. The number of amides is 1. The van der Waals surface area contributed by atoms with Crippen molar-refractivity contribution >= 4 is 17.6 Å². The molecule has 0 atom stereocenters. The van der Waals surface area contributed by atoms with E-state index in [4.69, 9.17) is 9.47 Å². The third kappa shape index (κ3) is 7.13. The molecule has 0 saturated heterocycles. The molecule has 0 bridgehead atoms. The molecule has 5 heteroatoms. The van der Waals surface area contributed by atoms with Crippen LogP contribution in [0.4, 0.5) is 5.69 Å². The monoisotopic (exact) mass is 369 g/mol. The Labute approximate surface area is 160 Å². The second-order valence-electron chi connectivity index (χ2n) is 7.27. The van der Waals surface area contributed by atoms with Crippen LogP contribution in [0.5, 0.6) is 5.75 Å². The van der Waals surface area contributed by atoms with Gasteiger partial charge in [0.15, 0.2) is 6.61 Å². The number of nitrogens with one attached hydrogen (secondary N) is 1. The maximum Gasteiger partial charge on any atom is 0.306 e. The summed E-state index contributed by atoms with van der Waals surface area (Å²) in [6.07, 6.45) is 0.737. The predicted octanol–water partition coefficient (Wildman–Crippen LogP) is 4.33. The summed E-state index contributed by atoms with van der Waals surface area (Å²) in [6, 6.07) is 17.0. The Balaban J connectivity index is 1.70. The van der Waals surface area contributed by atoms with Crippen molar-refractivity contribution in [2.45, 2.75) is 39.0 Å². The number of carbonyl (C=O) groups excluding carboxylic acids is 2. The summed E-state index contributed by atoms with van der Waals surface area (Å²) in [5.41, 5.74) is 1.67. The van der Waals surface area contributed by atoms with Gasteiger partial charge in [0, 0.05) is 12.1 Å². The van der Waals surface area contributed by atoms with Crippen LogP contribution in [-0.4, -0.2) is 25.1 Å². The quantitative estimate of drug-likeness (QED) is 0.556. The smallest absolute Gasteiger partial charge is 0.306 e. The van der Waals surface area contributed by atoms with E-state index >= 15 is 0 Å². The van der Waals surface area contributed by atoms with Gasteiger partial charge in [-0.2, -0.15) is 0 Å². The maximum atomic E-state index is 12.1. The molecule has 1 N–H and O–H groups in total. The first-order valence-electron chi connectivity index (χ1n) is 9.09. The Bertz CT molecular complexity index is 750. The van der Waals surface area contributed by atoms with Gasteiger partial charge < -0.3 is 14.8 Å². The molecular formula is C22H27NO4. The van der Waals surface area contributed by atoms with E-state index in [1.807, 2.05) is 54.6 Å². The molecule has 0 aromatic heterocycles. The molecule has 0 fully saturated rings. The SMILES string of the molecule is CC(C)(C)c1ccccc1NC(=O)COC(=O)CCCOc1ccccc1. The van der Waals surface area contributed by atoms with Crippen LogP contribution in [0.15, 0.2) is 54.6 Å². The first-order valence-corrected chi connectivity index (χ1v) is 9.09. The zero-order valence-electron chi connectivity index (χ0n) is 16.2. The third-order valence-electron chi connectivity index (χ3n) is 3.91. The molecule has 0 heterocycles. The summed E-state index contributed by atoms with van der Waals surface area (Å²) < 4.78 is 10.6.